The van der Waals surface area contributed by atoms with E-state index >= 15 is 0 Å². The van der Waals surface area contributed by atoms with Crippen LogP contribution in [-0.4, -0.2) is 15.0 Å². The number of aromatic nitrogens is 3. The topological polar surface area (TPSA) is 38.7 Å². The SMILES string of the molecule is FC(F)(F)c1ccc(-c2cc(C(F)(F)F)nc(-c3ccnc(-c4ccccc4)c3)n2)cc1. The summed E-state index contributed by atoms with van der Waals surface area (Å²) in [5, 5.41) is 0. The van der Waals surface area contributed by atoms with Gasteiger partial charge in [-0.25, -0.2) is 9.97 Å². The van der Waals surface area contributed by atoms with Gasteiger partial charge in [-0.1, -0.05) is 42.5 Å². The number of alkyl halides is 6. The van der Waals surface area contributed by atoms with E-state index in [-0.39, 0.29) is 22.6 Å². The molecule has 162 valence electrons. The fraction of sp³-hybridized carbons (Fsp3) is 0.0870. The molecule has 32 heavy (non-hydrogen) atoms. The number of halogens is 6. The predicted molar refractivity (Wildman–Crippen MR) is 106 cm³/mol. The first-order chi connectivity index (χ1) is 15.1. The van der Waals surface area contributed by atoms with Crippen LogP contribution < -0.4 is 0 Å². The minimum absolute atomic E-state index is 0.101. The lowest BCUT2D eigenvalue weighted by atomic mass is 10.1. The van der Waals surface area contributed by atoms with Gasteiger partial charge in [0, 0.05) is 22.9 Å². The molecule has 0 amide bonds. The molecule has 0 N–H and O–H groups in total. The first-order valence-corrected chi connectivity index (χ1v) is 9.27. The van der Waals surface area contributed by atoms with Crippen molar-refractivity contribution in [2.45, 2.75) is 12.4 Å². The van der Waals surface area contributed by atoms with Gasteiger partial charge in [-0.15, -0.1) is 0 Å². The molecular formula is C23H13F6N3. The predicted octanol–water partition coefficient (Wildman–Crippen LogP) is 6.91. The molecule has 3 nitrogen and oxygen atoms in total. The molecule has 2 aromatic carbocycles. The summed E-state index contributed by atoms with van der Waals surface area (Å²) >= 11 is 0. The van der Waals surface area contributed by atoms with Gasteiger partial charge in [0.15, 0.2) is 5.82 Å². The first-order valence-electron chi connectivity index (χ1n) is 9.27. The highest BCUT2D eigenvalue weighted by Gasteiger charge is 2.34. The molecule has 0 saturated carbocycles. The molecule has 0 bridgehead atoms. The molecule has 4 aromatic rings. The highest BCUT2D eigenvalue weighted by Crippen LogP contribution is 2.34. The van der Waals surface area contributed by atoms with Crippen molar-refractivity contribution in [2.75, 3.05) is 0 Å². The molecule has 2 aromatic heterocycles. The van der Waals surface area contributed by atoms with Crippen LogP contribution in [-0.2, 0) is 12.4 Å². The molecule has 0 spiro atoms. The molecule has 0 fully saturated rings. The number of rotatable bonds is 3. The molecule has 4 rings (SSSR count). The van der Waals surface area contributed by atoms with E-state index in [4.69, 9.17) is 0 Å². The third-order valence-electron chi connectivity index (χ3n) is 4.61. The molecule has 0 unspecified atom stereocenters. The Kier molecular flexibility index (Phi) is 5.41. The molecule has 0 aliphatic carbocycles. The standard InChI is InChI=1S/C23H13F6N3/c24-22(25,26)17-8-6-15(7-9-17)19-13-20(23(27,28)29)32-21(31-19)16-10-11-30-18(12-16)14-4-2-1-3-5-14/h1-13H. The smallest absolute Gasteiger partial charge is 0.256 e. The quantitative estimate of drug-likeness (QED) is 0.322. The Labute approximate surface area is 178 Å². The second-order valence-corrected chi connectivity index (χ2v) is 6.83. The summed E-state index contributed by atoms with van der Waals surface area (Å²) in [5.41, 5.74) is -0.593. The minimum atomic E-state index is -4.77. The molecule has 0 aliphatic heterocycles. The summed E-state index contributed by atoms with van der Waals surface area (Å²) in [6.07, 6.45) is -7.90. The molecule has 2 heterocycles. The van der Waals surface area contributed by atoms with Gasteiger partial charge >= 0.3 is 12.4 Å². The van der Waals surface area contributed by atoms with Crippen LogP contribution in [0.25, 0.3) is 33.9 Å². The van der Waals surface area contributed by atoms with Crippen LogP contribution >= 0.6 is 0 Å². The fourth-order valence-electron chi connectivity index (χ4n) is 3.04. The Bertz CT molecular complexity index is 1230. The average Bonchev–Trinajstić information content (AvgIpc) is 2.78. The number of pyridine rings is 1. The van der Waals surface area contributed by atoms with Crippen molar-refractivity contribution in [3.8, 4) is 33.9 Å². The van der Waals surface area contributed by atoms with Crippen LogP contribution in [0.5, 0.6) is 0 Å². The first kappa shape index (κ1) is 21.5. The maximum atomic E-state index is 13.5. The van der Waals surface area contributed by atoms with Gasteiger partial charge in [-0.05, 0) is 30.3 Å². The molecule has 0 atom stereocenters. The summed E-state index contributed by atoms with van der Waals surface area (Å²) in [6, 6.07) is 16.5. The fourth-order valence-corrected chi connectivity index (χ4v) is 3.04. The maximum absolute atomic E-state index is 13.5. The van der Waals surface area contributed by atoms with E-state index in [1.54, 1.807) is 30.3 Å². The van der Waals surface area contributed by atoms with Crippen molar-refractivity contribution in [3.63, 3.8) is 0 Å². The zero-order chi connectivity index (χ0) is 22.9. The number of hydrogen-bond acceptors (Lipinski definition) is 3. The molecule has 0 saturated heterocycles. The molecule has 0 radical (unpaired) electrons. The number of nitrogens with zero attached hydrogens (tertiary/aromatic N) is 3. The third kappa shape index (κ3) is 4.61. The van der Waals surface area contributed by atoms with E-state index < -0.39 is 23.6 Å². The number of benzene rings is 2. The molecular weight excluding hydrogens is 432 g/mol. The summed E-state index contributed by atoms with van der Waals surface area (Å²) in [4.78, 5) is 12.1. The van der Waals surface area contributed by atoms with Gasteiger partial charge in [0.25, 0.3) is 0 Å². The van der Waals surface area contributed by atoms with Crippen molar-refractivity contribution in [1.82, 2.24) is 15.0 Å². The van der Waals surface area contributed by atoms with Crippen molar-refractivity contribution >= 4 is 0 Å². The summed E-state index contributed by atoms with van der Waals surface area (Å²) in [5.74, 6) is -0.214. The normalized spacial score (nSPS) is 12.1. The minimum Gasteiger partial charge on any atom is -0.256 e. The van der Waals surface area contributed by atoms with Crippen LogP contribution in [0.15, 0.2) is 79.0 Å². The number of hydrogen-bond donors (Lipinski definition) is 0. The second kappa shape index (κ2) is 8.07. The van der Waals surface area contributed by atoms with E-state index in [0.29, 0.717) is 11.8 Å². The van der Waals surface area contributed by atoms with Crippen LogP contribution in [0, 0.1) is 0 Å². The van der Waals surface area contributed by atoms with Crippen molar-refractivity contribution < 1.29 is 26.3 Å². The summed E-state index contributed by atoms with van der Waals surface area (Å²) in [6.45, 7) is 0. The summed E-state index contributed by atoms with van der Waals surface area (Å²) in [7, 11) is 0. The lowest BCUT2D eigenvalue weighted by molar-refractivity contribution is -0.141. The van der Waals surface area contributed by atoms with Gasteiger partial charge in [-0.3, -0.25) is 4.98 Å². The van der Waals surface area contributed by atoms with Gasteiger partial charge in [0.2, 0.25) is 0 Å². The van der Waals surface area contributed by atoms with Gasteiger partial charge in [0.1, 0.15) is 5.69 Å². The Balaban J connectivity index is 1.82. The van der Waals surface area contributed by atoms with Crippen LogP contribution in [0.3, 0.4) is 0 Å². The van der Waals surface area contributed by atoms with Gasteiger partial charge < -0.3 is 0 Å². The van der Waals surface area contributed by atoms with E-state index in [1.807, 2.05) is 6.07 Å². The van der Waals surface area contributed by atoms with Crippen molar-refractivity contribution in [1.29, 1.82) is 0 Å². The van der Waals surface area contributed by atoms with Crippen LogP contribution in [0.1, 0.15) is 11.3 Å². The Hall–Kier alpha value is -3.75. The zero-order valence-corrected chi connectivity index (χ0v) is 16.1. The van der Waals surface area contributed by atoms with Crippen LogP contribution in [0.2, 0.25) is 0 Å². The third-order valence-corrected chi connectivity index (χ3v) is 4.61. The average molecular weight is 445 g/mol. The Morgan fingerprint density at radius 1 is 0.562 bits per heavy atom. The lowest BCUT2D eigenvalue weighted by Crippen LogP contribution is -2.10. The van der Waals surface area contributed by atoms with E-state index in [9.17, 15) is 26.3 Å². The van der Waals surface area contributed by atoms with Gasteiger partial charge in [0.05, 0.1) is 17.0 Å². The maximum Gasteiger partial charge on any atom is 0.433 e. The summed E-state index contributed by atoms with van der Waals surface area (Å²) < 4.78 is 79.0. The largest absolute Gasteiger partial charge is 0.433 e. The molecule has 9 heteroatoms. The highest BCUT2D eigenvalue weighted by molar-refractivity contribution is 5.69. The zero-order valence-electron chi connectivity index (χ0n) is 16.1. The Morgan fingerprint density at radius 3 is 1.84 bits per heavy atom. The molecule has 0 aliphatic rings. The van der Waals surface area contributed by atoms with E-state index in [1.165, 1.54) is 12.3 Å². The van der Waals surface area contributed by atoms with Gasteiger partial charge in [-0.2, -0.15) is 26.3 Å². The van der Waals surface area contributed by atoms with E-state index in [0.717, 1.165) is 29.8 Å². The second-order valence-electron chi connectivity index (χ2n) is 6.83. The van der Waals surface area contributed by atoms with Crippen LogP contribution in [0.4, 0.5) is 26.3 Å². The van der Waals surface area contributed by atoms with Crippen molar-refractivity contribution in [3.05, 3.63) is 90.3 Å². The monoisotopic (exact) mass is 445 g/mol. The van der Waals surface area contributed by atoms with Crippen molar-refractivity contribution in [2.24, 2.45) is 0 Å². The highest BCUT2D eigenvalue weighted by atomic mass is 19.4. The van der Waals surface area contributed by atoms with E-state index in [2.05, 4.69) is 15.0 Å². The Morgan fingerprint density at radius 2 is 1.22 bits per heavy atom. The lowest BCUT2D eigenvalue weighted by Gasteiger charge is -2.12.